The maximum atomic E-state index is 12.5. The van der Waals surface area contributed by atoms with Crippen molar-refractivity contribution >= 4 is 11.8 Å². The summed E-state index contributed by atoms with van der Waals surface area (Å²) in [6.07, 6.45) is 11.0. The second-order valence-electron chi connectivity index (χ2n) is 8.18. The normalized spacial score (nSPS) is 25.3. The number of ether oxygens (including phenoxy) is 1. The van der Waals surface area contributed by atoms with Crippen LogP contribution in [0.15, 0.2) is 24.5 Å². The van der Waals surface area contributed by atoms with Crippen molar-refractivity contribution in [2.45, 2.75) is 76.0 Å². The third-order valence-electron chi connectivity index (χ3n) is 6.00. The van der Waals surface area contributed by atoms with Crippen LogP contribution in [0.2, 0.25) is 0 Å². The lowest BCUT2D eigenvalue weighted by Crippen LogP contribution is -2.52. The number of rotatable bonds is 8. The first-order valence-corrected chi connectivity index (χ1v) is 10.9. The van der Waals surface area contributed by atoms with Gasteiger partial charge in [0.1, 0.15) is 6.10 Å². The molecular formula is C22H33N3O4. The van der Waals surface area contributed by atoms with Gasteiger partial charge in [0.25, 0.3) is 0 Å². The highest BCUT2D eigenvalue weighted by atomic mass is 16.5. The molecule has 1 aromatic heterocycles. The Kier molecular flexibility index (Phi) is 8.43. The van der Waals surface area contributed by atoms with E-state index in [0.29, 0.717) is 19.4 Å². The molecule has 1 saturated heterocycles. The van der Waals surface area contributed by atoms with Gasteiger partial charge in [-0.2, -0.15) is 0 Å². The number of aromatic nitrogens is 1. The van der Waals surface area contributed by atoms with Crippen molar-refractivity contribution in [3.05, 3.63) is 30.1 Å². The molecule has 3 rings (SSSR count). The van der Waals surface area contributed by atoms with E-state index >= 15 is 0 Å². The molecule has 2 amide bonds. The molecule has 29 heavy (non-hydrogen) atoms. The lowest BCUT2D eigenvalue weighted by molar-refractivity contribution is -0.133. The number of aliphatic hydroxyl groups excluding tert-OH is 1. The Morgan fingerprint density at radius 2 is 1.86 bits per heavy atom. The summed E-state index contributed by atoms with van der Waals surface area (Å²) in [5.41, 5.74) is 0.934. The summed E-state index contributed by atoms with van der Waals surface area (Å²) in [6, 6.07) is 3.53. The minimum Gasteiger partial charge on any atom is -0.394 e. The van der Waals surface area contributed by atoms with Gasteiger partial charge in [0.2, 0.25) is 11.8 Å². The number of carbonyl (C=O) groups excluding carboxylic acids is 2. The highest BCUT2D eigenvalue weighted by molar-refractivity contribution is 5.79. The Labute approximate surface area is 172 Å². The van der Waals surface area contributed by atoms with Crippen LogP contribution in [0.25, 0.3) is 0 Å². The summed E-state index contributed by atoms with van der Waals surface area (Å²) in [7, 11) is 0. The summed E-state index contributed by atoms with van der Waals surface area (Å²) in [6.45, 7) is 0.423. The quantitative estimate of drug-likeness (QED) is 0.614. The molecule has 0 spiro atoms. The molecule has 7 nitrogen and oxygen atoms in total. The summed E-state index contributed by atoms with van der Waals surface area (Å²) in [5.74, 6) is 0.193. The van der Waals surface area contributed by atoms with Crippen molar-refractivity contribution in [3.8, 4) is 0 Å². The summed E-state index contributed by atoms with van der Waals surface area (Å²) < 4.78 is 6.01. The fourth-order valence-corrected chi connectivity index (χ4v) is 4.30. The molecule has 3 atom stereocenters. The van der Waals surface area contributed by atoms with Gasteiger partial charge in [0.05, 0.1) is 25.2 Å². The molecule has 1 aliphatic heterocycles. The Hall–Kier alpha value is -1.99. The van der Waals surface area contributed by atoms with E-state index in [1.165, 1.54) is 6.42 Å². The van der Waals surface area contributed by atoms with Crippen LogP contribution in [-0.2, 0) is 20.7 Å². The second-order valence-corrected chi connectivity index (χ2v) is 8.18. The van der Waals surface area contributed by atoms with E-state index in [1.807, 2.05) is 12.1 Å². The maximum Gasteiger partial charge on any atom is 0.224 e. The average Bonchev–Trinajstić information content (AvgIpc) is 2.76. The Morgan fingerprint density at radius 1 is 1.10 bits per heavy atom. The van der Waals surface area contributed by atoms with Crippen LogP contribution in [0.4, 0.5) is 0 Å². The predicted octanol–water partition coefficient (Wildman–Crippen LogP) is 1.74. The highest BCUT2D eigenvalue weighted by Crippen LogP contribution is 2.26. The molecule has 7 heteroatoms. The maximum absolute atomic E-state index is 12.5. The molecule has 1 saturated carbocycles. The van der Waals surface area contributed by atoms with E-state index in [-0.39, 0.29) is 42.6 Å². The zero-order valence-corrected chi connectivity index (χ0v) is 17.0. The largest absolute Gasteiger partial charge is 0.394 e. The lowest BCUT2D eigenvalue weighted by atomic mass is 9.88. The number of nitrogens with one attached hydrogen (secondary N) is 2. The van der Waals surface area contributed by atoms with Gasteiger partial charge in [-0.25, -0.2) is 0 Å². The molecule has 0 unspecified atom stereocenters. The van der Waals surface area contributed by atoms with Crippen molar-refractivity contribution in [1.82, 2.24) is 15.6 Å². The minimum absolute atomic E-state index is 0.0174. The van der Waals surface area contributed by atoms with Crippen molar-refractivity contribution in [2.24, 2.45) is 5.92 Å². The Balaban J connectivity index is 1.37. The third-order valence-corrected chi connectivity index (χ3v) is 6.00. The molecular weight excluding hydrogens is 370 g/mol. The van der Waals surface area contributed by atoms with E-state index in [2.05, 4.69) is 15.6 Å². The molecule has 2 heterocycles. The van der Waals surface area contributed by atoms with Gasteiger partial charge in [-0.05, 0) is 49.8 Å². The summed E-state index contributed by atoms with van der Waals surface area (Å²) >= 11 is 0. The van der Waals surface area contributed by atoms with Crippen LogP contribution in [0.3, 0.4) is 0 Å². The van der Waals surface area contributed by atoms with Crippen molar-refractivity contribution in [1.29, 1.82) is 0 Å². The Bertz CT molecular complexity index is 649. The smallest absolute Gasteiger partial charge is 0.224 e. The first-order chi connectivity index (χ1) is 14.2. The van der Waals surface area contributed by atoms with E-state index in [4.69, 9.17) is 4.74 Å². The molecule has 2 aliphatic rings. The van der Waals surface area contributed by atoms with Crippen LogP contribution in [-0.4, -0.2) is 53.3 Å². The molecule has 0 aromatic carbocycles. The van der Waals surface area contributed by atoms with Gasteiger partial charge < -0.3 is 20.5 Å². The predicted molar refractivity (Wildman–Crippen MR) is 109 cm³/mol. The first-order valence-electron chi connectivity index (χ1n) is 10.9. The number of amides is 2. The number of hydrogen-bond donors (Lipinski definition) is 3. The zero-order chi connectivity index (χ0) is 20.5. The average molecular weight is 404 g/mol. The van der Waals surface area contributed by atoms with Crippen LogP contribution in [0.1, 0.15) is 56.9 Å². The summed E-state index contributed by atoms with van der Waals surface area (Å²) in [4.78, 5) is 28.5. The van der Waals surface area contributed by atoms with Crippen LogP contribution < -0.4 is 10.6 Å². The van der Waals surface area contributed by atoms with Gasteiger partial charge >= 0.3 is 0 Å². The number of aliphatic hydroxyl groups is 1. The summed E-state index contributed by atoms with van der Waals surface area (Å²) in [5, 5.41) is 15.8. The SMILES string of the molecule is O=C(Cc1ccncc1)NCC[C@@H]1CC[C@H](NC(=O)C2CCCCC2)[C@@H](CO)O1. The van der Waals surface area contributed by atoms with Crippen molar-refractivity contribution in [2.75, 3.05) is 13.2 Å². The minimum atomic E-state index is -0.381. The molecule has 0 bridgehead atoms. The van der Waals surface area contributed by atoms with E-state index in [1.54, 1.807) is 12.4 Å². The molecule has 160 valence electrons. The number of nitrogens with zero attached hydrogens (tertiary/aromatic N) is 1. The van der Waals surface area contributed by atoms with Gasteiger partial charge in [0, 0.05) is 24.9 Å². The Morgan fingerprint density at radius 3 is 2.59 bits per heavy atom. The second kappa shape index (κ2) is 11.3. The first kappa shape index (κ1) is 21.7. The van der Waals surface area contributed by atoms with Gasteiger partial charge in [0.15, 0.2) is 0 Å². The van der Waals surface area contributed by atoms with E-state index < -0.39 is 0 Å². The van der Waals surface area contributed by atoms with Crippen molar-refractivity contribution < 1.29 is 19.4 Å². The molecule has 0 radical (unpaired) electrons. The van der Waals surface area contributed by atoms with E-state index in [0.717, 1.165) is 44.1 Å². The van der Waals surface area contributed by atoms with Crippen LogP contribution in [0.5, 0.6) is 0 Å². The molecule has 2 fully saturated rings. The molecule has 3 N–H and O–H groups in total. The topological polar surface area (TPSA) is 101 Å². The fourth-order valence-electron chi connectivity index (χ4n) is 4.30. The standard InChI is InChI=1S/C22H33N3O4/c26-15-20-19(25-22(28)17-4-2-1-3-5-17)7-6-18(29-20)10-13-24-21(27)14-16-8-11-23-12-9-16/h8-9,11-12,17-20,26H,1-7,10,13-15H2,(H,24,27)(H,25,28)/t18-,19-,20+/m0/s1. The van der Waals surface area contributed by atoms with Crippen molar-refractivity contribution in [3.63, 3.8) is 0 Å². The van der Waals surface area contributed by atoms with E-state index in [9.17, 15) is 14.7 Å². The molecule has 1 aliphatic carbocycles. The number of carbonyl (C=O) groups is 2. The monoisotopic (exact) mass is 403 g/mol. The lowest BCUT2D eigenvalue weighted by Gasteiger charge is -2.37. The number of hydrogen-bond acceptors (Lipinski definition) is 5. The fraction of sp³-hybridized carbons (Fsp3) is 0.682. The zero-order valence-electron chi connectivity index (χ0n) is 17.0. The molecule has 1 aromatic rings. The van der Waals surface area contributed by atoms with Gasteiger partial charge in [-0.15, -0.1) is 0 Å². The third kappa shape index (κ3) is 6.78. The van der Waals surface area contributed by atoms with Gasteiger partial charge in [-0.1, -0.05) is 19.3 Å². The number of pyridine rings is 1. The van der Waals surface area contributed by atoms with Crippen LogP contribution in [0, 0.1) is 5.92 Å². The van der Waals surface area contributed by atoms with Gasteiger partial charge in [-0.3, -0.25) is 14.6 Å². The highest BCUT2D eigenvalue weighted by Gasteiger charge is 2.33. The van der Waals surface area contributed by atoms with Crippen LogP contribution >= 0.6 is 0 Å².